The smallest absolute Gasteiger partial charge is 0.407 e. The van der Waals surface area contributed by atoms with Gasteiger partial charge >= 0.3 is 18.0 Å². The molecule has 1 saturated heterocycles. The average molecular weight is 676 g/mol. The highest BCUT2D eigenvalue weighted by atomic mass is 16.6. The van der Waals surface area contributed by atoms with Gasteiger partial charge in [0.15, 0.2) is 23.0 Å². The van der Waals surface area contributed by atoms with Crippen LogP contribution in [0.25, 0.3) is 0 Å². The van der Waals surface area contributed by atoms with E-state index >= 15 is 0 Å². The molecule has 1 amide bonds. The standard InChI is InChI=1S/C39H49NO9/c1-37-16-25-17-38(2,20-37)22-39(18-25,21-37)40-36(43)49-29-11-8-27(29)35(42)48-31-10-7-24(15-33(31)46-5)13-28-26(19-47-34(28)41)12-23-6-9-30(44-3)32(14-23)45-4/h6-7,9-10,14-15,25-29H,8,11-13,16-22H2,1-5H3,(H,40,43)/t25?,26-,27?,28+,29?,37?,38?,39?/m0/s1. The van der Waals surface area contributed by atoms with Gasteiger partial charge in [-0.25, -0.2) is 4.79 Å². The van der Waals surface area contributed by atoms with Gasteiger partial charge in [0.05, 0.1) is 39.8 Å². The monoisotopic (exact) mass is 675 g/mol. The SMILES string of the molecule is COc1ccc(C[C@H]2COC(=O)[C@@H]2Cc2ccc(OC(=O)C3CCC3OC(=O)NC34CC5CC(C)(CC(C)(C5)C3)C4)c(OC)c2)cc1OC. The van der Waals surface area contributed by atoms with Gasteiger partial charge in [-0.15, -0.1) is 0 Å². The third-order valence-electron chi connectivity index (χ3n) is 11.9. The molecule has 5 saturated carbocycles. The number of rotatable bonds is 11. The minimum atomic E-state index is -0.535. The van der Waals surface area contributed by atoms with Gasteiger partial charge in [0.1, 0.15) is 6.10 Å². The molecule has 6 atom stereocenters. The summed E-state index contributed by atoms with van der Waals surface area (Å²) < 4.78 is 33.6. The van der Waals surface area contributed by atoms with Crippen LogP contribution in [0.5, 0.6) is 23.0 Å². The third-order valence-corrected chi connectivity index (χ3v) is 11.9. The van der Waals surface area contributed by atoms with Crippen molar-refractivity contribution in [3.63, 3.8) is 0 Å². The zero-order chi connectivity index (χ0) is 34.6. The van der Waals surface area contributed by atoms with Crippen molar-refractivity contribution < 1.29 is 42.8 Å². The van der Waals surface area contributed by atoms with Gasteiger partial charge in [-0.3, -0.25) is 9.59 Å². The van der Waals surface area contributed by atoms with Crippen LogP contribution in [0, 0.1) is 34.5 Å². The lowest BCUT2D eigenvalue weighted by Crippen LogP contribution is -2.65. The van der Waals surface area contributed by atoms with Crippen molar-refractivity contribution in [1.82, 2.24) is 5.32 Å². The Bertz CT molecular complexity index is 1600. The van der Waals surface area contributed by atoms with E-state index in [1.807, 2.05) is 24.3 Å². The highest BCUT2D eigenvalue weighted by Gasteiger charge is 2.61. The number of cyclic esters (lactones) is 1. The van der Waals surface area contributed by atoms with E-state index in [0.29, 0.717) is 55.5 Å². The number of alkyl carbamates (subject to hydrolysis) is 1. The molecule has 49 heavy (non-hydrogen) atoms. The van der Waals surface area contributed by atoms with Crippen LogP contribution in [0.2, 0.25) is 0 Å². The third kappa shape index (κ3) is 6.67. The molecule has 10 nitrogen and oxygen atoms in total. The maximum absolute atomic E-state index is 13.3. The van der Waals surface area contributed by atoms with Gasteiger partial charge in [-0.1, -0.05) is 26.0 Å². The summed E-state index contributed by atoms with van der Waals surface area (Å²) in [6, 6.07) is 11.1. The summed E-state index contributed by atoms with van der Waals surface area (Å²) in [6.07, 6.45) is 8.09. The number of nitrogens with one attached hydrogen (secondary N) is 1. The second-order valence-electron chi connectivity index (χ2n) is 16.2. The number of esters is 2. The molecule has 1 N–H and O–H groups in total. The van der Waals surface area contributed by atoms with Gasteiger partial charge in [-0.2, -0.15) is 0 Å². The molecule has 4 unspecified atom stereocenters. The largest absolute Gasteiger partial charge is 0.493 e. The lowest BCUT2D eigenvalue weighted by molar-refractivity contribution is -0.149. The Morgan fingerprint density at radius 3 is 2.06 bits per heavy atom. The molecule has 1 aliphatic heterocycles. The van der Waals surface area contributed by atoms with Crippen molar-refractivity contribution in [3.05, 3.63) is 47.5 Å². The van der Waals surface area contributed by atoms with E-state index in [4.69, 9.17) is 28.4 Å². The van der Waals surface area contributed by atoms with Crippen LogP contribution in [0.15, 0.2) is 36.4 Å². The Morgan fingerprint density at radius 2 is 1.45 bits per heavy atom. The fourth-order valence-corrected chi connectivity index (χ4v) is 10.6. The number of methoxy groups -OCH3 is 3. The number of carbonyl (C=O) groups is 3. The Balaban J connectivity index is 0.953. The molecular formula is C39H49NO9. The number of amides is 1. The fourth-order valence-electron chi connectivity index (χ4n) is 10.6. The van der Waals surface area contributed by atoms with Gasteiger partial charge in [0.2, 0.25) is 0 Å². The second-order valence-corrected chi connectivity index (χ2v) is 16.2. The molecule has 0 aromatic heterocycles. The van der Waals surface area contributed by atoms with Crippen LogP contribution in [-0.4, -0.2) is 57.6 Å². The first-order valence-electron chi connectivity index (χ1n) is 17.7. The Labute approximate surface area is 288 Å². The molecule has 2 aromatic carbocycles. The molecule has 0 spiro atoms. The quantitative estimate of drug-likeness (QED) is 0.212. The van der Waals surface area contributed by atoms with Crippen LogP contribution >= 0.6 is 0 Å². The summed E-state index contributed by atoms with van der Waals surface area (Å²) in [5.41, 5.74) is 2.22. The maximum Gasteiger partial charge on any atom is 0.407 e. The molecule has 0 radical (unpaired) electrons. The molecule has 2 aromatic rings. The van der Waals surface area contributed by atoms with E-state index < -0.39 is 24.1 Å². The van der Waals surface area contributed by atoms with Crippen molar-refractivity contribution in [3.8, 4) is 23.0 Å². The van der Waals surface area contributed by atoms with E-state index in [1.165, 1.54) is 26.4 Å². The van der Waals surface area contributed by atoms with Gasteiger partial charge in [-0.05, 0) is 116 Å². The predicted octanol–water partition coefficient (Wildman–Crippen LogP) is 6.45. The summed E-state index contributed by atoms with van der Waals surface area (Å²) in [5.74, 6) is 1.06. The Kier molecular flexibility index (Phi) is 8.72. The van der Waals surface area contributed by atoms with Crippen LogP contribution in [-0.2, 0) is 31.9 Å². The molecular weight excluding hydrogens is 626 g/mol. The summed E-state index contributed by atoms with van der Waals surface area (Å²) in [4.78, 5) is 39.3. The van der Waals surface area contributed by atoms with E-state index in [9.17, 15) is 14.4 Å². The van der Waals surface area contributed by atoms with Crippen molar-refractivity contribution in [1.29, 1.82) is 0 Å². The molecule has 6 fully saturated rings. The van der Waals surface area contributed by atoms with Crippen molar-refractivity contribution in [2.75, 3.05) is 27.9 Å². The summed E-state index contributed by atoms with van der Waals surface area (Å²) >= 11 is 0. The van der Waals surface area contributed by atoms with Gasteiger partial charge in [0, 0.05) is 11.5 Å². The van der Waals surface area contributed by atoms with Crippen LogP contribution in [0.3, 0.4) is 0 Å². The molecule has 4 bridgehead atoms. The number of hydrogen-bond acceptors (Lipinski definition) is 9. The topological polar surface area (TPSA) is 119 Å². The molecule has 8 rings (SSSR count). The van der Waals surface area contributed by atoms with Gasteiger partial charge in [0.25, 0.3) is 0 Å². The van der Waals surface area contributed by atoms with Crippen molar-refractivity contribution in [2.45, 2.75) is 89.7 Å². The fraction of sp³-hybridized carbons (Fsp3) is 0.615. The lowest BCUT2D eigenvalue weighted by Gasteiger charge is -2.65. The van der Waals surface area contributed by atoms with E-state index in [2.05, 4.69) is 19.2 Å². The molecule has 264 valence electrons. The number of ether oxygens (including phenoxy) is 6. The zero-order valence-corrected chi connectivity index (χ0v) is 29.3. The summed E-state index contributed by atoms with van der Waals surface area (Å²) in [5, 5.41) is 3.29. The lowest BCUT2D eigenvalue weighted by atomic mass is 9.43. The number of carbonyl (C=O) groups excluding carboxylic acids is 3. The molecule has 10 heteroatoms. The first-order chi connectivity index (χ1) is 23.4. The maximum atomic E-state index is 13.3. The first-order valence-corrected chi connectivity index (χ1v) is 17.7. The highest BCUT2D eigenvalue weighted by molar-refractivity contribution is 5.79. The van der Waals surface area contributed by atoms with Crippen molar-refractivity contribution in [2.24, 2.45) is 34.5 Å². The predicted molar refractivity (Wildman–Crippen MR) is 180 cm³/mol. The molecule has 5 aliphatic carbocycles. The van der Waals surface area contributed by atoms with Crippen molar-refractivity contribution >= 4 is 18.0 Å². The summed E-state index contributed by atoms with van der Waals surface area (Å²) in [6.45, 7) is 5.09. The van der Waals surface area contributed by atoms with E-state index in [1.54, 1.807) is 26.4 Å². The van der Waals surface area contributed by atoms with Crippen LogP contribution in [0.1, 0.15) is 76.3 Å². The zero-order valence-electron chi connectivity index (χ0n) is 29.3. The second kappa shape index (κ2) is 12.7. The normalized spacial score (nSPS) is 34.1. The molecule has 1 heterocycles. The minimum Gasteiger partial charge on any atom is -0.493 e. The van der Waals surface area contributed by atoms with Crippen LogP contribution < -0.4 is 24.3 Å². The number of hydrogen-bond donors (Lipinski definition) is 1. The van der Waals surface area contributed by atoms with E-state index in [-0.39, 0.29) is 39.9 Å². The number of benzene rings is 2. The van der Waals surface area contributed by atoms with Gasteiger partial charge < -0.3 is 33.7 Å². The average Bonchev–Trinajstić information content (AvgIpc) is 3.35. The molecule has 6 aliphatic rings. The first kappa shape index (κ1) is 33.5. The van der Waals surface area contributed by atoms with Crippen LogP contribution in [0.4, 0.5) is 4.79 Å². The minimum absolute atomic E-state index is 0.0176. The summed E-state index contributed by atoms with van der Waals surface area (Å²) in [7, 11) is 4.72. The Hall–Kier alpha value is -3.95. The Morgan fingerprint density at radius 1 is 0.816 bits per heavy atom. The van der Waals surface area contributed by atoms with E-state index in [0.717, 1.165) is 30.4 Å². The highest BCUT2D eigenvalue weighted by Crippen LogP contribution is 2.66.